The smallest absolute Gasteiger partial charge is 0.381 e. The van der Waals surface area contributed by atoms with Crippen LogP contribution >= 0.6 is 0 Å². The van der Waals surface area contributed by atoms with Crippen molar-refractivity contribution in [3.05, 3.63) is 70.8 Å². The molecule has 0 spiro atoms. The molecular formula is C32H45F6N3O3. The number of nitrogens with one attached hydrogen (secondary N) is 1. The number of benzene rings is 2. The number of nitrogens with two attached hydrogens (primary N) is 1. The molecule has 3 N–H and O–H groups in total. The van der Waals surface area contributed by atoms with E-state index in [2.05, 4.69) is 17.3 Å². The standard InChI is InChI=1S/C25H31F6N3O.C4H8O.C3H6O/c1-34-11-7-22(8-12-34)33-10-9-23(32,19-5-3-2-4-6-19)17-35-16-18-13-20(24(26,27)28)15-21(14-18)25(29,30)31;1-2-4-5-3-1;1-3(2)4/h2-6,13-15,22,33H,7-12,16-17,32H2,1H3;1-4H2;1-2H3. The van der Waals surface area contributed by atoms with Crippen LogP contribution in [0, 0.1) is 0 Å². The van der Waals surface area contributed by atoms with Gasteiger partial charge in [-0.25, -0.2) is 0 Å². The first kappa shape index (κ1) is 37.7. The average Bonchev–Trinajstić information content (AvgIpc) is 3.54. The van der Waals surface area contributed by atoms with Crippen molar-refractivity contribution in [1.82, 2.24) is 10.2 Å². The molecule has 1 atom stereocenters. The highest BCUT2D eigenvalue weighted by molar-refractivity contribution is 5.72. The first-order valence-corrected chi connectivity index (χ1v) is 14.8. The number of likely N-dealkylation sites (tertiary alicyclic amines) is 1. The van der Waals surface area contributed by atoms with Gasteiger partial charge >= 0.3 is 12.4 Å². The Labute approximate surface area is 256 Å². The minimum atomic E-state index is -4.91. The Morgan fingerprint density at radius 2 is 1.45 bits per heavy atom. The molecule has 0 amide bonds. The summed E-state index contributed by atoms with van der Waals surface area (Å²) in [6.07, 6.45) is -4.73. The van der Waals surface area contributed by atoms with E-state index in [0.717, 1.165) is 44.7 Å². The highest BCUT2D eigenvalue weighted by Crippen LogP contribution is 2.36. The van der Waals surface area contributed by atoms with E-state index in [1.807, 2.05) is 30.3 Å². The summed E-state index contributed by atoms with van der Waals surface area (Å²) in [6.45, 7) is 7.17. The van der Waals surface area contributed by atoms with Crippen molar-refractivity contribution in [2.24, 2.45) is 5.73 Å². The summed E-state index contributed by atoms with van der Waals surface area (Å²) in [5, 5.41) is 3.51. The predicted molar refractivity (Wildman–Crippen MR) is 158 cm³/mol. The molecular weight excluding hydrogens is 588 g/mol. The number of carbonyl (C=O) groups is 1. The second-order valence-electron chi connectivity index (χ2n) is 11.4. The van der Waals surface area contributed by atoms with Gasteiger partial charge in [-0.2, -0.15) is 26.3 Å². The van der Waals surface area contributed by atoms with Gasteiger partial charge in [-0.15, -0.1) is 0 Å². The zero-order valence-electron chi connectivity index (χ0n) is 25.7. The number of rotatable bonds is 9. The van der Waals surface area contributed by atoms with Crippen LogP contribution in [0.3, 0.4) is 0 Å². The minimum absolute atomic E-state index is 0.0658. The summed E-state index contributed by atoms with van der Waals surface area (Å²) >= 11 is 0. The van der Waals surface area contributed by atoms with E-state index in [-0.39, 0.29) is 24.0 Å². The molecule has 2 aromatic rings. The molecule has 2 aromatic carbocycles. The summed E-state index contributed by atoms with van der Waals surface area (Å²) in [5.74, 6) is 0.167. The van der Waals surface area contributed by atoms with Gasteiger partial charge in [-0.1, -0.05) is 30.3 Å². The molecule has 6 nitrogen and oxygen atoms in total. The quantitative estimate of drug-likeness (QED) is 0.305. The van der Waals surface area contributed by atoms with Gasteiger partial charge in [-0.05, 0) is 102 Å². The number of hydrogen-bond donors (Lipinski definition) is 2. The lowest BCUT2D eigenvalue weighted by Gasteiger charge is -2.33. The first-order valence-electron chi connectivity index (χ1n) is 14.8. The lowest BCUT2D eigenvalue weighted by atomic mass is 9.88. The summed E-state index contributed by atoms with van der Waals surface area (Å²) in [4.78, 5) is 11.7. The number of alkyl halides is 6. The van der Waals surface area contributed by atoms with Crippen molar-refractivity contribution in [2.45, 2.75) is 76.5 Å². The highest BCUT2D eigenvalue weighted by Gasteiger charge is 2.37. The van der Waals surface area contributed by atoms with E-state index in [1.165, 1.54) is 26.7 Å². The van der Waals surface area contributed by atoms with E-state index in [1.54, 1.807) is 0 Å². The summed E-state index contributed by atoms with van der Waals surface area (Å²) < 4.78 is 89.5. The highest BCUT2D eigenvalue weighted by atomic mass is 19.4. The molecule has 44 heavy (non-hydrogen) atoms. The van der Waals surface area contributed by atoms with Crippen molar-refractivity contribution in [3.63, 3.8) is 0 Å². The Morgan fingerprint density at radius 1 is 0.932 bits per heavy atom. The largest absolute Gasteiger partial charge is 0.416 e. The Balaban J connectivity index is 0.000000647. The van der Waals surface area contributed by atoms with Crippen LogP contribution in [0.4, 0.5) is 26.3 Å². The van der Waals surface area contributed by atoms with Crippen LogP contribution in [-0.2, 0) is 38.8 Å². The van der Waals surface area contributed by atoms with Gasteiger partial charge in [-0.3, -0.25) is 0 Å². The maximum atomic E-state index is 13.1. The van der Waals surface area contributed by atoms with E-state index >= 15 is 0 Å². The van der Waals surface area contributed by atoms with E-state index in [4.69, 9.17) is 15.2 Å². The normalized spacial score (nSPS) is 17.6. The van der Waals surface area contributed by atoms with Gasteiger partial charge in [0, 0.05) is 19.3 Å². The number of ether oxygens (including phenoxy) is 2. The van der Waals surface area contributed by atoms with Crippen molar-refractivity contribution >= 4 is 5.78 Å². The fourth-order valence-corrected chi connectivity index (χ4v) is 4.75. The van der Waals surface area contributed by atoms with Gasteiger partial charge in [0.15, 0.2) is 0 Å². The second kappa shape index (κ2) is 17.8. The summed E-state index contributed by atoms with van der Waals surface area (Å²) in [5.41, 5.74) is 3.56. The molecule has 12 heteroatoms. The fraction of sp³-hybridized carbons (Fsp3) is 0.594. The maximum absolute atomic E-state index is 13.1. The molecule has 2 saturated heterocycles. The molecule has 4 rings (SSSR count). The van der Waals surface area contributed by atoms with Gasteiger partial charge in [0.2, 0.25) is 0 Å². The molecule has 248 valence electrons. The lowest BCUT2D eigenvalue weighted by molar-refractivity contribution is -0.143. The van der Waals surface area contributed by atoms with E-state index in [0.29, 0.717) is 31.1 Å². The molecule has 1 unspecified atom stereocenters. The van der Waals surface area contributed by atoms with Crippen molar-refractivity contribution in [1.29, 1.82) is 0 Å². The lowest BCUT2D eigenvalue weighted by Crippen LogP contribution is -2.46. The predicted octanol–water partition coefficient (Wildman–Crippen LogP) is 6.56. The van der Waals surface area contributed by atoms with Crippen LogP contribution in [0.2, 0.25) is 0 Å². The number of hydrogen-bond acceptors (Lipinski definition) is 6. The molecule has 0 aromatic heterocycles. The molecule has 2 heterocycles. The maximum Gasteiger partial charge on any atom is 0.416 e. The SMILES string of the molecule is C1CCOC1.CC(C)=O.CN1CCC(NCCC(N)(COCc2cc(C(F)(F)F)cc(C(F)(F)F)c2)c2ccccc2)CC1. The van der Waals surface area contributed by atoms with Crippen LogP contribution in [-0.4, -0.2) is 63.2 Å². The number of nitrogens with zero attached hydrogens (tertiary/aromatic N) is 1. The Hall–Kier alpha value is -2.51. The molecule has 2 aliphatic heterocycles. The molecule has 0 radical (unpaired) electrons. The summed E-state index contributed by atoms with van der Waals surface area (Å²) in [7, 11) is 2.08. The number of halogens is 6. The fourth-order valence-electron chi connectivity index (χ4n) is 4.75. The van der Waals surface area contributed by atoms with Crippen LogP contribution in [0.15, 0.2) is 48.5 Å². The van der Waals surface area contributed by atoms with Crippen molar-refractivity contribution in [2.75, 3.05) is 46.5 Å². The number of ketones is 1. The Kier molecular flexibility index (Phi) is 15.3. The zero-order chi connectivity index (χ0) is 32.8. The third-order valence-corrected chi connectivity index (χ3v) is 7.17. The monoisotopic (exact) mass is 633 g/mol. The average molecular weight is 634 g/mol. The molecule has 0 saturated carbocycles. The molecule has 0 aliphatic carbocycles. The number of Topliss-reactive ketones (excluding diaryl/α,β-unsaturated/α-hetero) is 1. The van der Waals surface area contributed by atoms with E-state index in [9.17, 15) is 31.1 Å². The summed E-state index contributed by atoms with van der Waals surface area (Å²) in [6, 6.07) is 11.0. The Bertz CT molecular complexity index is 1070. The first-order chi connectivity index (χ1) is 20.6. The van der Waals surface area contributed by atoms with Crippen LogP contribution in [0.25, 0.3) is 0 Å². The minimum Gasteiger partial charge on any atom is -0.381 e. The van der Waals surface area contributed by atoms with Crippen LogP contribution < -0.4 is 11.1 Å². The number of carbonyl (C=O) groups excluding carboxylic acids is 1. The van der Waals surface area contributed by atoms with Gasteiger partial charge in [0.1, 0.15) is 5.78 Å². The zero-order valence-corrected chi connectivity index (χ0v) is 25.7. The van der Waals surface area contributed by atoms with Crippen molar-refractivity contribution < 1.29 is 40.6 Å². The van der Waals surface area contributed by atoms with Crippen molar-refractivity contribution in [3.8, 4) is 0 Å². The Morgan fingerprint density at radius 3 is 1.91 bits per heavy atom. The third kappa shape index (κ3) is 14.1. The van der Waals surface area contributed by atoms with E-state index < -0.39 is 35.6 Å². The topological polar surface area (TPSA) is 76.8 Å². The van der Waals surface area contributed by atoms with Crippen LogP contribution in [0.1, 0.15) is 68.2 Å². The second-order valence-corrected chi connectivity index (χ2v) is 11.4. The molecule has 0 bridgehead atoms. The molecule has 2 aliphatic rings. The molecule has 2 fully saturated rings. The van der Waals surface area contributed by atoms with Gasteiger partial charge in [0.05, 0.1) is 29.9 Å². The number of piperidine rings is 1. The van der Waals surface area contributed by atoms with Gasteiger partial charge < -0.3 is 30.2 Å². The van der Waals surface area contributed by atoms with Gasteiger partial charge in [0.25, 0.3) is 0 Å². The third-order valence-electron chi connectivity index (χ3n) is 7.17. The van der Waals surface area contributed by atoms with Crippen LogP contribution in [0.5, 0.6) is 0 Å².